The first kappa shape index (κ1) is 45.7. The van der Waals surface area contributed by atoms with Crippen molar-refractivity contribution in [3.63, 3.8) is 0 Å². The zero-order valence-electron chi connectivity index (χ0n) is 34.0. The predicted molar refractivity (Wildman–Crippen MR) is 201 cm³/mol. The molecule has 0 aromatic heterocycles. The van der Waals surface area contributed by atoms with E-state index in [1.54, 1.807) is 71.9 Å². The Morgan fingerprint density at radius 3 is 2.04 bits per heavy atom. The van der Waals surface area contributed by atoms with Crippen LogP contribution in [0, 0.1) is 22.7 Å². The summed E-state index contributed by atoms with van der Waals surface area (Å²) < 4.78 is 39.6. The molecule has 2 aliphatic rings. The summed E-state index contributed by atoms with van der Waals surface area (Å²) in [7, 11) is 2.99. The molecule has 1 aliphatic carbocycles. The van der Waals surface area contributed by atoms with Crippen LogP contribution in [0.2, 0.25) is 0 Å². The molecule has 1 unspecified atom stereocenters. The third kappa shape index (κ3) is 12.1. The van der Waals surface area contributed by atoms with E-state index in [1.165, 1.54) is 23.9 Å². The second-order valence-corrected chi connectivity index (χ2v) is 17.8. The zero-order chi connectivity index (χ0) is 42.6. The van der Waals surface area contributed by atoms with Gasteiger partial charge in [-0.2, -0.15) is 13.2 Å². The number of ketones is 1. The van der Waals surface area contributed by atoms with Crippen molar-refractivity contribution in [1.82, 2.24) is 36.4 Å². The molecule has 1 saturated carbocycles. The monoisotopic (exact) mass is 793 g/mol. The number of carbonyl (C=O) groups excluding carboxylic acids is 7. The maximum Gasteiger partial charge on any atom is 0.389 e. The standard InChI is InChI=1S/C39H58F3N7O7/c1-36(2,3)30(46-35(56)47-37(4,5)6)34(55)49-21-24-23(19-38(24,7)8)28(49)31(52)44-25(17-14-18-39(40,41)42)29(51)32(53)43-20-26(50)45-27(33(54)48(9)10)22-15-12-11-13-16-22/h11-13,15-16,23-25,27-28,30H,14,17-21H2,1-10H3,(H,43,53)(H,44,52)(H,45,50)(H2,46,47,56)/t23-,24-,25?,27-,28-,30+/m0/s1. The van der Waals surface area contributed by atoms with E-state index in [-0.39, 0.29) is 23.8 Å². The molecule has 1 heterocycles. The number of hydrogen-bond acceptors (Lipinski definition) is 7. The number of halogens is 3. The summed E-state index contributed by atoms with van der Waals surface area (Å²) in [6.45, 7) is 14.0. The van der Waals surface area contributed by atoms with Crippen molar-refractivity contribution in [3.05, 3.63) is 35.9 Å². The van der Waals surface area contributed by atoms with Crippen LogP contribution in [-0.2, 0) is 28.8 Å². The summed E-state index contributed by atoms with van der Waals surface area (Å²) >= 11 is 0. The van der Waals surface area contributed by atoms with Crippen LogP contribution in [-0.4, -0.2) is 108 Å². The van der Waals surface area contributed by atoms with Crippen molar-refractivity contribution in [2.75, 3.05) is 27.2 Å². The number of nitrogens with zero attached hydrogens (tertiary/aromatic N) is 2. The van der Waals surface area contributed by atoms with Gasteiger partial charge in [0.15, 0.2) is 0 Å². The van der Waals surface area contributed by atoms with Crippen LogP contribution < -0.4 is 26.6 Å². The highest BCUT2D eigenvalue weighted by Gasteiger charge is 2.61. The Morgan fingerprint density at radius 2 is 1.52 bits per heavy atom. The van der Waals surface area contributed by atoms with Crippen LogP contribution in [0.5, 0.6) is 0 Å². The zero-order valence-corrected chi connectivity index (χ0v) is 34.0. The molecule has 3 rings (SSSR count). The van der Waals surface area contributed by atoms with Gasteiger partial charge in [-0.3, -0.25) is 28.8 Å². The smallest absolute Gasteiger partial charge is 0.347 e. The molecule has 1 aromatic rings. The molecular weight excluding hydrogens is 735 g/mol. The lowest BCUT2D eigenvalue weighted by Gasteiger charge is -2.48. The molecule has 56 heavy (non-hydrogen) atoms. The normalized spacial score (nSPS) is 20.6. The lowest BCUT2D eigenvalue weighted by Crippen LogP contribution is -2.62. The SMILES string of the molecule is CN(C)C(=O)[C@@H](NC(=O)CNC(=O)C(=O)C(CCCC(F)(F)F)NC(=O)[C@@H]1[C@H]2CC(C)(C)[C@H]2CN1C(=O)[C@@H](NC(=O)NC(C)(C)C)C(C)(C)C)c1ccccc1. The number of alkyl halides is 3. The lowest BCUT2D eigenvalue weighted by atomic mass is 9.55. The minimum atomic E-state index is -4.58. The topological polar surface area (TPSA) is 186 Å². The van der Waals surface area contributed by atoms with Gasteiger partial charge < -0.3 is 36.4 Å². The van der Waals surface area contributed by atoms with E-state index in [2.05, 4.69) is 26.6 Å². The Labute approximate surface area is 326 Å². The number of fused-ring (bicyclic) bond motifs is 1. The molecule has 0 bridgehead atoms. The van der Waals surface area contributed by atoms with Gasteiger partial charge in [-0.25, -0.2) is 4.79 Å². The number of Topliss-reactive ketones (excluding diaryl/α,β-unsaturated/α-hetero) is 1. The average molecular weight is 794 g/mol. The minimum Gasteiger partial charge on any atom is -0.347 e. The van der Waals surface area contributed by atoms with Gasteiger partial charge in [0.2, 0.25) is 29.4 Å². The van der Waals surface area contributed by atoms with Crippen molar-refractivity contribution in [2.24, 2.45) is 22.7 Å². The third-order valence-electron chi connectivity index (χ3n) is 10.2. The Bertz CT molecular complexity index is 1640. The number of hydrogen-bond donors (Lipinski definition) is 5. The van der Waals surface area contributed by atoms with E-state index in [9.17, 15) is 46.7 Å². The van der Waals surface area contributed by atoms with Crippen molar-refractivity contribution in [3.8, 4) is 0 Å². The average Bonchev–Trinajstić information content (AvgIpc) is 3.40. The van der Waals surface area contributed by atoms with E-state index in [0.29, 0.717) is 12.0 Å². The molecule has 17 heteroatoms. The van der Waals surface area contributed by atoms with Gasteiger partial charge in [-0.1, -0.05) is 65.0 Å². The highest BCUT2D eigenvalue weighted by molar-refractivity contribution is 6.38. The molecule has 0 radical (unpaired) electrons. The summed E-state index contributed by atoms with van der Waals surface area (Å²) in [5.74, 6) is -5.77. The van der Waals surface area contributed by atoms with E-state index >= 15 is 0 Å². The molecule has 5 N–H and O–H groups in total. The fraction of sp³-hybridized carbons (Fsp3) is 0.667. The fourth-order valence-corrected chi connectivity index (χ4v) is 7.32. The fourth-order valence-electron chi connectivity index (χ4n) is 7.32. The van der Waals surface area contributed by atoms with Crippen LogP contribution >= 0.6 is 0 Å². The third-order valence-corrected chi connectivity index (χ3v) is 10.2. The van der Waals surface area contributed by atoms with Gasteiger partial charge in [-0.05, 0) is 68.3 Å². The molecule has 7 amide bonds. The first-order valence-corrected chi connectivity index (χ1v) is 18.8. The van der Waals surface area contributed by atoms with Gasteiger partial charge in [0.05, 0.1) is 12.6 Å². The number of nitrogens with one attached hydrogen (secondary N) is 5. The highest BCUT2D eigenvalue weighted by Crippen LogP contribution is 2.57. The molecule has 2 fully saturated rings. The Morgan fingerprint density at radius 1 is 0.911 bits per heavy atom. The van der Waals surface area contributed by atoms with Gasteiger partial charge in [0.25, 0.3) is 5.91 Å². The lowest BCUT2D eigenvalue weighted by molar-refractivity contribution is -0.145. The summed E-state index contributed by atoms with van der Waals surface area (Å²) in [5.41, 5.74) is -1.23. The molecule has 0 spiro atoms. The predicted octanol–water partition coefficient (Wildman–Crippen LogP) is 3.22. The summed E-state index contributed by atoms with van der Waals surface area (Å²) in [4.78, 5) is 96.5. The van der Waals surface area contributed by atoms with Crippen LogP contribution in [0.1, 0.15) is 92.7 Å². The quantitative estimate of drug-likeness (QED) is 0.179. The number of rotatable bonds is 14. The second-order valence-electron chi connectivity index (χ2n) is 17.8. The molecule has 312 valence electrons. The van der Waals surface area contributed by atoms with E-state index < -0.39 is 108 Å². The Hall–Kier alpha value is -4.70. The Kier molecular flexibility index (Phi) is 14.4. The van der Waals surface area contributed by atoms with E-state index in [1.807, 2.05) is 13.8 Å². The number of benzene rings is 1. The van der Waals surface area contributed by atoms with Crippen LogP contribution in [0.4, 0.5) is 18.0 Å². The van der Waals surface area contributed by atoms with Gasteiger partial charge >= 0.3 is 12.2 Å². The molecule has 1 aromatic carbocycles. The molecular formula is C39H58F3N7O7. The molecule has 1 saturated heterocycles. The molecule has 14 nitrogen and oxygen atoms in total. The van der Waals surface area contributed by atoms with Crippen molar-refractivity contribution in [2.45, 2.75) is 117 Å². The number of likely N-dealkylation sites (tertiary alicyclic amines) is 1. The number of amides is 7. The van der Waals surface area contributed by atoms with Gasteiger partial charge in [-0.15, -0.1) is 0 Å². The van der Waals surface area contributed by atoms with Crippen LogP contribution in [0.15, 0.2) is 30.3 Å². The summed E-state index contributed by atoms with van der Waals surface area (Å²) in [5, 5.41) is 12.7. The van der Waals surface area contributed by atoms with Crippen molar-refractivity contribution in [1.29, 1.82) is 0 Å². The van der Waals surface area contributed by atoms with Gasteiger partial charge in [0, 0.05) is 32.6 Å². The highest BCUT2D eigenvalue weighted by atomic mass is 19.4. The summed E-state index contributed by atoms with van der Waals surface area (Å²) in [6, 6.07) is 2.65. The van der Waals surface area contributed by atoms with E-state index in [0.717, 1.165) is 0 Å². The first-order valence-electron chi connectivity index (χ1n) is 18.8. The van der Waals surface area contributed by atoms with Gasteiger partial charge in [0.1, 0.15) is 18.1 Å². The second kappa shape index (κ2) is 17.6. The Balaban J connectivity index is 1.83. The van der Waals surface area contributed by atoms with Crippen LogP contribution in [0.25, 0.3) is 0 Å². The number of carbonyl (C=O) groups is 7. The maximum absolute atomic E-state index is 14.3. The maximum atomic E-state index is 14.3. The van der Waals surface area contributed by atoms with Crippen molar-refractivity contribution >= 4 is 41.4 Å². The molecule has 1 aliphatic heterocycles. The van der Waals surface area contributed by atoms with E-state index in [4.69, 9.17) is 0 Å². The number of urea groups is 1. The largest absolute Gasteiger partial charge is 0.389 e. The van der Waals surface area contributed by atoms with Crippen LogP contribution in [0.3, 0.4) is 0 Å². The minimum absolute atomic E-state index is 0.133. The first-order chi connectivity index (χ1) is 25.6. The summed E-state index contributed by atoms with van der Waals surface area (Å²) in [6.07, 6.45) is -6.51. The number of likely N-dealkylation sites (N-methyl/N-ethyl adjacent to an activating group) is 1. The van der Waals surface area contributed by atoms with Crippen molar-refractivity contribution < 1.29 is 46.7 Å². The molecule has 6 atom stereocenters.